The second-order valence-corrected chi connectivity index (χ2v) is 6.23. The van der Waals surface area contributed by atoms with Crippen LogP contribution in [-0.4, -0.2) is 35.1 Å². The molecule has 1 atom stereocenters. The molecule has 0 saturated carbocycles. The number of urea groups is 1. The highest BCUT2D eigenvalue weighted by atomic mass is 35.5. The molecule has 1 N–H and O–H groups in total. The van der Waals surface area contributed by atoms with Gasteiger partial charge in [-0.3, -0.25) is 0 Å². The minimum absolute atomic E-state index is 0.109. The van der Waals surface area contributed by atoms with Gasteiger partial charge in [-0.25, -0.2) is 9.78 Å². The molecule has 0 aliphatic carbocycles. The average molecular weight is 386 g/mol. The van der Waals surface area contributed by atoms with Gasteiger partial charge < -0.3 is 15.0 Å². The molecule has 2 amide bonds. The van der Waals surface area contributed by atoms with Crippen molar-refractivity contribution in [2.75, 3.05) is 18.4 Å². The third-order valence-electron chi connectivity index (χ3n) is 3.86. The maximum atomic E-state index is 12.7. The van der Waals surface area contributed by atoms with Crippen molar-refractivity contribution < 1.29 is 22.7 Å². The highest BCUT2D eigenvalue weighted by Gasteiger charge is 2.32. The molecule has 138 valence electrons. The molecule has 1 saturated heterocycles. The number of amides is 2. The predicted molar refractivity (Wildman–Crippen MR) is 90.3 cm³/mol. The molecule has 0 spiro atoms. The van der Waals surface area contributed by atoms with E-state index in [-0.39, 0.29) is 18.5 Å². The van der Waals surface area contributed by atoms with Crippen molar-refractivity contribution in [2.24, 2.45) is 0 Å². The van der Waals surface area contributed by atoms with Gasteiger partial charge in [0.2, 0.25) is 5.88 Å². The van der Waals surface area contributed by atoms with E-state index in [1.54, 1.807) is 24.3 Å². The molecular weight excluding hydrogens is 371 g/mol. The van der Waals surface area contributed by atoms with Crippen molar-refractivity contribution in [2.45, 2.75) is 18.7 Å². The standard InChI is InChI=1S/C17H15ClF3N3O2/c18-12-2-1-3-13(9-12)23-16(25)24-7-5-14(10-24)26-15-8-11(4-6-22-15)17(19,20)21/h1-4,6,8-9,14H,5,7,10H2,(H,23,25). The summed E-state index contributed by atoms with van der Waals surface area (Å²) in [6.07, 6.45) is -3.33. The van der Waals surface area contributed by atoms with Gasteiger partial charge >= 0.3 is 12.2 Å². The van der Waals surface area contributed by atoms with Crippen LogP contribution in [0.5, 0.6) is 5.88 Å². The highest BCUT2D eigenvalue weighted by Crippen LogP contribution is 2.31. The minimum atomic E-state index is -4.46. The molecule has 1 aromatic carbocycles. The molecule has 9 heteroatoms. The Morgan fingerprint density at radius 3 is 2.85 bits per heavy atom. The summed E-state index contributed by atoms with van der Waals surface area (Å²) < 4.78 is 43.7. The first-order chi connectivity index (χ1) is 12.3. The Kier molecular flexibility index (Phi) is 5.22. The van der Waals surface area contributed by atoms with Crippen LogP contribution >= 0.6 is 11.6 Å². The van der Waals surface area contributed by atoms with E-state index in [0.29, 0.717) is 23.7 Å². The number of likely N-dealkylation sites (tertiary alicyclic amines) is 1. The topological polar surface area (TPSA) is 54.5 Å². The third kappa shape index (κ3) is 4.57. The molecule has 1 unspecified atom stereocenters. The number of carbonyl (C=O) groups is 1. The monoisotopic (exact) mass is 385 g/mol. The van der Waals surface area contributed by atoms with Crippen LogP contribution in [0.1, 0.15) is 12.0 Å². The van der Waals surface area contributed by atoms with E-state index in [4.69, 9.17) is 16.3 Å². The fourth-order valence-corrected chi connectivity index (χ4v) is 2.79. The molecule has 1 fully saturated rings. The Labute approximate surface area is 152 Å². The van der Waals surface area contributed by atoms with Crippen LogP contribution in [0.4, 0.5) is 23.7 Å². The van der Waals surface area contributed by atoms with Gasteiger partial charge in [0.05, 0.1) is 12.1 Å². The maximum Gasteiger partial charge on any atom is 0.416 e. The van der Waals surface area contributed by atoms with Crippen molar-refractivity contribution in [1.29, 1.82) is 0 Å². The summed E-state index contributed by atoms with van der Waals surface area (Å²) in [6.45, 7) is 0.681. The summed E-state index contributed by atoms with van der Waals surface area (Å²) in [7, 11) is 0. The van der Waals surface area contributed by atoms with Crippen molar-refractivity contribution in [3.05, 3.63) is 53.2 Å². The predicted octanol–water partition coefficient (Wildman–Crippen LogP) is 4.44. The van der Waals surface area contributed by atoms with Crippen LogP contribution in [-0.2, 0) is 6.18 Å². The van der Waals surface area contributed by atoms with Gasteiger partial charge in [-0.1, -0.05) is 17.7 Å². The smallest absolute Gasteiger partial charge is 0.416 e. The van der Waals surface area contributed by atoms with Crippen LogP contribution in [0.15, 0.2) is 42.6 Å². The molecule has 0 radical (unpaired) electrons. The van der Waals surface area contributed by atoms with E-state index < -0.39 is 17.8 Å². The van der Waals surface area contributed by atoms with Crippen molar-refractivity contribution in [3.63, 3.8) is 0 Å². The first-order valence-corrected chi connectivity index (χ1v) is 8.20. The lowest BCUT2D eigenvalue weighted by molar-refractivity contribution is -0.137. The van der Waals surface area contributed by atoms with Crippen LogP contribution < -0.4 is 10.1 Å². The average Bonchev–Trinajstić information content (AvgIpc) is 3.03. The quantitative estimate of drug-likeness (QED) is 0.849. The van der Waals surface area contributed by atoms with Gasteiger partial charge in [-0.05, 0) is 24.3 Å². The molecule has 2 aromatic rings. The van der Waals surface area contributed by atoms with Crippen LogP contribution in [0, 0.1) is 0 Å². The Hall–Kier alpha value is -2.48. The van der Waals surface area contributed by atoms with E-state index in [2.05, 4.69) is 10.3 Å². The largest absolute Gasteiger partial charge is 0.472 e. The first kappa shape index (κ1) is 18.3. The lowest BCUT2D eigenvalue weighted by Crippen LogP contribution is -2.34. The van der Waals surface area contributed by atoms with E-state index >= 15 is 0 Å². The number of halogens is 4. The van der Waals surface area contributed by atoms with Gasteiger partial charge in [0.1, 0.15) is 6.10 Å². The third-order valence-corrected chi connectivity index (χ3v) is 4.09. The molecule has 0 bridgehead atoms. The molecule has 1 aliphatic rings. The zero-order chi connectivity index (χ0) is 18.7. The van der Waals surface area contributed by atoms with E-state index in [1.807, 2.05) is 0 Å². The molecule has 3 rings (SSSR count). The SMILES string of the molecule is O=C(Nc1cccc(Cl)c1)N1CCC(Oc2cc(C(F)(F)F)ccn2)C1. The van der Waals surface area contributed by atoms with Crippen LogP contribution in [0.3, 0.4) is 0 Å². The number of hydrogen-bond donors (Lipinski definition) is 1. The maximum absolute atomic E-state index is 12.7. The van der Waals surface area contributed by atoms with Crippen molar-refractivity contribution in [1.82, 2.24) is 9.88 Å². The summed E-state index contributed by atoms with van der Waals surface area (Å²) in [5.41, 5.74) is -0.262. The Balaban J connectivity index is 1.58. The second kappa shape index (κ2) is 7.41. The number of alkyl halides is 3. The number of benzene rings is 1. The van der Waals surface area contributed by atoms with Gasteiger partial charge in [-0.2, -0.15) is 13.2 Å². The van der Waals surface area contributed by atoms with Gasteiger partial charge in [-0.15, -0.1) is 0 Å². The molecule has 26 heavy (non-hydrogen) atoms. The van der Waals surface area contributed by atoms with Gasteiger partial charge in [0, 0.05) is 35.9 Å². The zero-order valence-corrected chi connectivity index (χ0v) is 14.2. The normalized spacial score (nSPS) is 17.2. The Morgan fingerprint density at radius 2 is 2.12 bits per heavy atom. The molecule has 5 nitrogen and oxygen atoms in total. The summed E-state index contributed by atoms with van der Waals surface area (Å²) in [6, 6.07) is 8.15. The molecule has 1 aliphatic heterocycles. The fraction of sp³-hybridized carbons (Fsp3) is 0.294. The van der Waals surface area contributed by atoms with Crippen molar-refractivity contribution in [3.8, 4) is 5.88 Å². The molecular formula is C17H15ClF3N3O2. The lowest BCUT2D eigenvalue weighted by Gasteiger charge is -2.18. The summed E-state index contributed by atoms with van der Waals surface area (Å²) in [5, 5.41) is 3.22. The van der Waals surface area contributed by atoms with Crippen LogP contribution in [0.25, 0.3) is 0 Å². The number of carbonyl (C=O) groups excluding carboxylic acids is 1. The highest BCUT2D eigenvalue weighted by molar-refractivity contribution is 6.30. The Bertz CT molecular complexity index is 801. The fourth-order valence-electron chi connectivity index (χ4n) is 2.60. The number of aromatic nitrogens is 1. The number of pyridine rings is 1. The summed E-state index contributed by atoms with van der Waals surface area (Å²) in [5.74, 6) is -0.109. The summed E-state index contributed by atoms with van der Waals surface area (Å²) in [4.78, 5) is 17.6. The minimum Gasteiger partial charge on any atom is -0.472 e. The number of hydrogen-bond acceptors (Lipinski definition) is 3. The lowest BCUT2D eigenvalue weighted by atomic mass is 10.2. The Morgan fingerprint density at radius 1 is 1.31 bits per heavy atom. The van der Waals surface area contributed by atoms with Crippen molar-refractivity contribution >= 4 is 23.3 Å². The van der Waals surface area contributed by atoms with E-state index in [1.165, 1.54) is 4.90 Å². The molecule has 2 heterocycles. The molecule has 1 aromatic heterocycles. The summed E-state index contributed by atoms with van der Waals surface area (Å²) >= 11 is 5.87. The van der Waals surface area contributed by atoms with E-state index in [0.717, 1.165) is 18.3 Å². The number of anilines is 1. The zero-order valence-electron chi connectivity index (χ0n) is 13.5. The number of ether oxygens (including phenoxy) is 1. The number of rotatable bonds is 3. The number of nitrogens with one attached hydrogen (secondary N) is 1. The number of nitrogens with zero attached hydrogens (tertiary/aromatic N) is 2. The van der Waals surface area contributed by atoms with Crippen LogP contribution in [0.2, 0.25) is 5.02 Å². The van der Waals surface area contributed by atoms with E-state index in [9.17, 15) is 18.0 Å². The van der Waals surface area contributed by atoms with Gasteiger partial charge in [0.15, 0.2) is 0 Å². The van der Waals surface area contributed by atoms with Gasteiger partial charge in [0.25, 0.3) is 0 Å². The second-order valence-electron chi connectivity index (χ2n) is 5.80. The first-order valence-electron chi connectivity index (χ1n) is 7.82.